The SMILES string of the molecule is Cc1cncc(-c2cc3c(cn2)cnn3-c2cn(C)c(=O)c(N3CCC[C@H](NC(=O)OC(C)(C)C)C3)n2)n1. The van der Waals surface area contributed by atoms with Gasteiger partial charge in [-0.15, -0.1) is 0 Å². The second-order valence-corrected chi connectivity index (χ2v) is 10.5. The van der Waals surface area contributed by atoms with E-state index in [9.17, 15) is 9.59 Å². The molecule has 1 fully saturated rings. The minimum Gasteiger partial charge on any atom is -0.444 e. The normalized spacial score (nSPS) is 16.0. The third-order valence-corrected chi connectivity index (χ3v) is 6.17. The van der Waals surface area contributed by atoms with E-state index in [0.29, 0.717) is 36.1 Å². The monoisotopic (exact) mass is 517 g/mol. The fourth-order valence-corrected chi connectivity index (χ4v) is 4.47. The summed E-state index contributed by atoms with van der Waals surface area (Å²) >= 11 is 0. The van der Waals surface area contributed by atoms with Gasteiger partial charge in [0, 0.05) is 44.0 Å². The van der Waals surface area contributed by atoms with E-state index in [1.807, 2.05) is 38.7 Å². The molecule has 0 bridgehead atoms. The van der Waals surface area contributed by atoms with Crippen molar-refractivity contribution in [3.05, 3.63) is 53.1 Å². The van der Waals surface area contributed by atoms with Gasteiger partial charge >= 0.3 is 6.09 Å². The zero-order valence-corrected chi connectivity index (χ0v) is 22.2. The number of pyridine rings is 1. The number of rotatable bonds is 4. The van der Waals surface area contributed by atoms with Crippen molar-refractivity contribution in [2.75, 3.05) is 18.0 Å². The molecule has 1 atom stereocenters. The number of nitrogens with one attached hydrogen (secondary N) is 1. The van der Waals surface area contributed by atoms with Gasteiger partial charge in [-0.3, -0.25) is 14.8 Å². The van der Waals surface area contributed by atoms with E-state index < -0.39 is 11.7 Å². The fourth-order valence-electron chi connectivity index (χ4n) is 4.47. The second kappa shape index (κ2) is 9.84. The van der Waals surface area contributed by atoms with Crippen molar-refractivity contribution in [3.63, 3.8) is 0 Å². The number of hydrogen-bond donors (Lipinski definition) is 1. The Hall–Kier alpha value is -4.35. The Morgan fingerprint density at radius 2 is 1.95 bits per heavy atom. The van der Waals surface area contributed by atoms with Crippen molar-refractivity contribution in [3.8, 4) is 17.2 Å². The average molecular weight is 518 g/mol. The van der Waals surface area contributed by atoms with Crippen LogP contribution in [0, 0.1) is 6.92 Å². The molecule has 0 spiro atoms. The molecular formula is C26H31N9O3. The number of ether oxygens (including phenoxy) is 1. The highest BCUT2D eigenvalue weighted by molar-refractivity contribution is 5.82. The largest absolute Gasteiger partial charge is 0.444 e. The number of nitrogens with zero attached hydrogens (tertiary/aromatic N) is 8. The van der Waals surface area contributed by atoms with Crippen molar-refractivity contribution in [2.24, 2.45) is 7.05 Å². The molecule has 1 amide bonds. The highest BCUT2D eigenvalue weighted by Gasteiger charge is 2.27. The quantitative estimate of drug-likeness (QED) is 0.434. The molecule has 0 saturated carbocycles. The highest BCUT2D eigenvalue weighted by Crippen LogP contribution is 2.23. The Morgan fingerprint density at radius 1 is 1.13 bits per heavy atom. The third kappa shape index (κ3) is 5.34. The van der Waals surface area contributed by atoms with Crippen LogP contribution >= 0.6 is 0 Å². The van der Waals surface area contributed by atoms with Gasteiger partial charge in [-0.25, -0.2) is 19.4 Å². The van der Waals surface area contributed by atoms with Gasteiger partial charge in [0.2, 0.25) is 0 Å². The average Bonchev–Trinajstić information content (AvgIpc) is 3.28. The minimum atomic E-state index is -0.585. The molecule has 5 heterocycles. The zero-order valence-electron chi connectivity index (χ0n) is 22.2. The lowest BCUT2D eigenvalue weighted by molar-refractivity contribution is 0.0500. The van der Waals surface area contributed by atoms with E-state index in [4.69, 9.17) is 9.72 Å². The van der Waals surface area contributed by atoms with Gasteiger partial charge < -0.3 is 19.5 Å². The molecular weight excluding hydrogens is 486 g/mol. The van der Waals surface area contributed by atoms with Gasteiger partial charge in [0.05, 0.1) is 35.5 Å². The molecule has 1 aliphatic heterocycles. The third-order valence-electron chi connectivity index (χ3n) is 6.17. The van der Waals surface area contributed by atoms with E-state index in [1.165, 1.54) is 4.57 Å². The van der Waals surface area contributed by atoms with Crippen molar-refractivity contribution in [1.82, 2.24) is 39.6 Å². The van der Waals surface area contributed by atoms with Crippen molar-refractivity contribution < 1.29 is 9.53 Å². The minimum absolute atomic E-state index is 0.164. The summed E-state index contributed by atoms with van der Waals surface area (Å²) in [5, 5.41) is 8.29. The molecule has 0 aliphatic carbocycles. The van der Waals surface area contributed by atoms with E-state index in [1.54, 1.807) is 42.7 Å². The molecule has 5 rings (SSSR count). The van der Waals surface area contributed by atoms with Gasteiger partial charge in [0.25, 0.3) is 5.56 Å². The number of piperidine rings is 1. The van der Waals surface area contributed by atoms with Crippen LogP contribution in [0.15, 0.2) is 41.8 Å². The molecule has 1 saturated heterocycles. The number of carbonyl (C=O) groups is 1. The molecule has 1 aliphatic rings. The Bertz CT molecular complexity index is 1550. The first-order valence-corrected chi connectivity index (χ1v) is 12.5. The maximum Gasteiger partial charge on any atom is 0.407 e. The Kier molecular flexibility index (Phi) is 6.55. The van der Waals surface area contributed by atoms with E-state index in [-0.39, 0.29) is 11.6 Å². The van der Waals surface area contributed by atoms with Crippen LogP contribution in [0.5, 0.6) is 0 Å². The topological polar surface area (TPSA) is 133 Å². The smallest absolute Gasteiger partial charge is 0.407 e. The summed E-state index contributed by atoms with van der Waals surface area (Å²) in [6, 6.07) is 1.73. The van der Waals surface area contributed by atoms with Gasteiger partial charge in [-0.05, 0) is 46.6 Å². The Labute approximate surface area is 219 Å². The summed E-state index contributed by atoms with van der Waals surface area (Å²) < 4.78 is 8.60. The summed E-state index contributed by atoms with van der Waals surface area (Å²) in [7, 11) is 1.69. The maximum absolute atomic E-state index is 13.1. The van der Waals surface area contributed by atoms with Crippen LogP contribution in [0.3, 0.4) is 0 Å². The van der Waals surface area contributed by atoms with Crippen LogP contribution in [0.4, 0.5) is 10.6 Å². The van der Waals surface area contributed by atoms with E-state index >= 15 is 0 Å². The van der Waals surface area contributed by atoms with Gasteiger partial charge in [-0.1, -0.05) is 0 Å². The number of alkyl carbamates (subject to hydrolysis) is 1. The molecule has 1 N–H and O–H groups in total. The van der Waals surface area contributed by atoms with Crippen molar-refractivity contribution in [2.45, 2.75) is 52.2 Å². The van der Waals surface area contributed by atoms with Crippen LogP contribution in [0.2, 0.25) is 0 Å². The summed E-state index contributed by atoms with van der Waals surface area (Å²) in [4.78, 5) is 45.4. The summed E-state index contributed by atoms with van der Waals surface area (Å²) in [6.45, 7) is 8.45. The first-order chi connectivity index (χ1) is 18.1. The fraction of sp³-hybridized carbons (Fsp3) is 0.423. The number of carbonyl (C=O) groups excluding carboxylic acids is 1. The number of hydrogen-bond acceptors (Lipinski definition) is 9. The van der Waals surface area contributed by atoms with Crippen molar-refractivity contribution >= 4 is 22.8 Å². The predicted molar refractivity (Wildman–Crippen MR) is 142 cm³/mol. The highest BCUT2D eigenvalue weighted by atomic mass is 16.6. The molecule has 4 aromatic heterocycles. The van der Waals surface area contributed by atoms with E-state index in [2.05, 4.69) is 25.4 Å². The van der Waals surface area contributed by atoms with Gasteiger partial charge in [-0.2, -0.15) is 5.10 Å². The standard InChI is InChI=1S/C26H31N9O3/c1-16-10-27-13-20(30-16)19-9-21-17(11-28-19)12-29-35(21)22-15-33(5)24(36)23(32-22)34-8-6-7-18(14-34)31-25(37)38-26(2,3)4/h9-13,15,18H,6-8,14H2,1-5H3,(H,31,37)/t18-/m0/s1. The van der Waals surface area contributed by atoms with Crippen LogP contribution in [-0.2, 0) is 11.8 Å². The lowest BCUT2D eigenvalue weighted by Gasteiger charge is -2.34. The summed E-state index contributed by atoms with van der Waals surface area (Å²) in [5.41, 5.74) is 2.08. The van der Waals surface area contributed by atoms with Gasteiger partial charge in [0.1, 0.15) is 11.3 Å². The number of fused-ring (bicyclic) bond motifs is 1. The number of aryl methyl sites for hydroxylation is 2. The number of anilines is 1. The lowest BCUT2D eigenvalue weighted by Crippen LogP contribution is -2.50. The molecule has 0 aromatic carbocycles. The summed E-state index contributed by atoms with van der Waals surface area (Å²) in [5.74, 6) is 0.801. The molecule has 12 nitrogen and oxygen atoms in total. The Morgan fingerprint density at radius 3 is 2.71 bits per heavy atom. The van der Waals surface area contributed by atoms with Crippen LogP contribution in [-0.4, -0.2) is 65.1 Å². The molecule has 38 heavy (non-hydrogen) atoms. The second-order valence-electron chi connectivity index (χ2n) is 10.5. The predicted octanol–water partition coefficient (Wildman–Crippen LogP) is 2.77. The molecule has 4 aromatic rings. The first kappa shape index (κ1) is 25.3. The number of aromatic nitrogens is 7. The molecule has 0 unspecified atom stereocenters. The molecule has 0 radical (unpaired) electrons. The van der Waals surface area contributed by atoms with Gasteiger partial charge in [0.15, 0.2) is 11.6 Å². The lowest BCUT2D eigenvalue weighted by atomic mass is 10.1. The van der Waals surface area contributed by atoms with Crippen LogP contribution in [0.25, 0.3) is 28.1 Å². The van der Waals surface area contributed by atoms with E-state index in [0.717, 1.165) is 29.4 Å². The Balaban J connectivity index is 1.46. The zero-order chi connectivity index (χ0) is 27.0. The first-order valence-electron chi connectivity index (χ1n) is 12.5. The van der Waals surface area contributed by atoms with Crippen molar-refractivity contribution in [1.29, 1.82) is 0 Å². The summed E-state index contributed by atoms with van der Waals surface area (Å²) in [6.07, 6.45) is 9.58. The molecule has 198 valence electrons. The van der Waals surface area contributed by atoms with Crippen LogP contribution in [0.1, 0.15) is 39.3 Å². The molecule has 12 heteroatoms. The van der Waals surface area contributed by atoms with Crippen LogP contribution < -0.4 is 15.8 Å². The maximum atomic E-state index is 13.1. The number of amides is 1.